The van der Waals surface area contributed by atoms with Crippen molar-refractivity contribution in [3.8, 4) is 17.0 Å². The van der Waals surface area contributed by atoms with Crippen LogP contribution in [0.2, 0.25) is 0 Å². The van der Waals surface area contributed by atoms with E-state index in [-0.39, 0.29) is 11.9 Å². The number of H-pyrrole nitrogens is 1. The summed E-state index contributed by atoms with van der Waals surface area (Å²) >= 11 is 0. The summed E-state index contributed by atoms with van der Waals surface area (Å²) in [4.78, 5) is 12.4. The number of hydrogen-bond acceptors (Lipinski definition) is 3. The van der Waals surface area contributed by atoms with Gasteiger partial charge in [0.05, 0.1) is 18.8 Å². The van der Waals surface area contributed by atoms with Crippen molar-refractivity contribution in [3.05, 3.63) is 71.9 Å². The standard InChI is InChI=1S/C19H19N3O2/c1-13(15-10-6-7-11-18(15)24-2)20-19(23)17-12-16(21-22-17)14-8-4-3-5-9-14/h3-13H,1-2H3,(H,20,23)(H,21,22)/t13-/m0/s1. The van der Waals surface area contributed by atoms with E-state index in [4.69, 9.17) is 4.74 Å². The van der Waals surface area contributed by atoms with E-state index in [0.717, 1.165) is 22.6 Å². The molecular formula is C19H19N3O2. The molecule has 1 aromatic heterocycles. The number of hydrogen-bond donors (Lipinski definition) is 2. The molecule has 0 saturated heterocycles. The Morgan fingerprint density at radius 1 is 1.12 bits per heavy atom. The van der Waals surface area contributed by atoms with Crippen LogP contribution in [-0.2, 0) is 0 Å². The highest BCUT2D eigenvalue weighted by Crippen LogP contribution is 2.24. The smallest absolute Gasteiger partial charge is 0.269 e. The number of aromatic nitrogens is 2. The maximum atomic E-state index is 12.4. The van der Waals surface area contributed by atoms with Gasteiger partial charge in [-0.05, 0) is 19.1 Å². The second-order valence-corrected chi connectivity index (χ2v) is 5.47. The molecule has 0 aliphatic carbocycles. The number of carbonyl (C=O) groups excluding carboxylic acids is 1. The van der Waals surface area contributed by atoms with Crippen LogP contribution in [0.5, 0.6) is 5.75 Å². The number of nitrogens with one attached hydrogen (secondary N) is 2. The quantitative estimate of drug-likeness (QED) is 0.755. The third kappa shape index (κ3) is 3.30. The van der Waals surface area contributed by atoms with Gasteiger partial charge in [-0.1, -0.05) is 48.5 Å². The molecule has 2 aromatic carbocycles. The van der Waals surface area contributed by atoms with Crippen molar-refractivity contribution in [3.63, 3.8) is 0 Å². The lowest BCUT2D eigenvalue weighted by Crippen LogP contribution is -2.27. The van der Waals surface area contributed by atoms with Crippen molar-refractivity contribution in [2.24, 2.45) is 0 Å². The molecule has 1 atom stereocenters. The monoisotopic (exact) mass is 321 g/mol. The first-order chi connectivity index (χ1) is 11.7. The van der Waals surface area contributed by atoms with E-state index in [2.05, 4.69) is 15.5 Å². The molecule has 5 heteroatoms. The summed E-state index contributed by atoms with van der Waals surface area (Å²) in [6.07, 6.45) is 0. The Morgan fingerprint density at radius 3 is 2.58 bits per heavy atom. The Balaban J connectivity index is 1.75. The van der Waals surface area contributed by atoms with E-state index in [9.17, 15) is 4.79 Å². The van der Waals surface area contributed by atoms with Crippen LogP contribution in [0.25, 0.3) is 11.3 Å². The third-order valence-electron chi connectivity index (χ3n) is 3.85. The zero-order valence-electron chi connectivity index (χ0n) is 13.6. The topological polar surface area (TPSA) is 67.0 Å². The average Bonchev–Trinajstić information content (AvgIpc) is 3.12. The first kappa shape index (κ1) is 15.8. The Hall–Kier alpha value is -3.08. The van der Waals surface area contributed by atoms with Gasteiger partial charge in [0.2, 0.25) is 0 Å². The average molecular weight is 321 g/mol. The molecule has 1 amide bonds. The fraction of sp³-hybridized carbons (Fsp3) is 0.158. The van der Waals surface area contributed by atoms with Gasteiger partial charge in [0.15, 0.2) is 0 Å². The zero-order valence-corrected chi connectivity index (χ0v) is 13.6. The van der Waals surface area contributed by atoms with Crippen LogP contribution in [0.15, 0.2) is 60.7 Å². The van der Waals surface area contributed by atoms with Gasteiger partial charge in [-0.3, -0.25) is 9.89 Å². The summed E-state index contributed by atoms with van der Waals surface area (Å²) in [5, 5.41) is 9.97. The van der Waals surface area contributed by atoms with Crippen LogP contribution in [0.1, 0.15) is 29.0 Å². The van der Waals surface area contributed by atoms with Gasteiger partial charge in [-0.25, -0.2) is 0 Å². The number of amides is 1. The maximum Gasteiger partial charge on any atom is 0.269 e. The lowest BCUT2D eigenvalue weighted by molar-refractivity contribution is 0.0934. The Bertz CT molecular complexity index is 827. The van der Waals surface area contributed by atoms with Gasteiger partial charge < -0.3 is 10.1 Å². The van der Waals surface area contributed by atoms with Crippen LogP contribution < -0.4 is 10.1 Å². The van der Waals surface area contributed by atoms with Crippen molar-refractivity contribution in [2.75, 3.05) is 7.11 Å². The molecule has 0 spiro atoms. The summed E-state index contributed by atoms with van der Waals surface area (Å²) in [5.74, 6) is 0.544. The number of ether oxygens (including phenoxy) is 1. The SMILES string of the molecule is COc1ccccc1[C@H](C)NC(=O)c1cc(-c2ccccc2)n[nH]1. The van der Waals surface area contributed by atoms with Gasteiger partial charge >= 0.3 is 0 Å². The molecule has 0 unspecified atom stereocenters. The first-order valence-corrected chi connectivity index (χ1v) is 7.73. The summed E-state index contributed by atoms with van der Waals surface area (Å²) in [7, 11) is 1.62. The van der Waals surface area contributed by atoms with Crippen molar-refractivity contribution in [2.45, 2.75) is 13.0 Å². The fourth-order valence-electron chi connectivity index (χ4n) is 2.57. The van der Waals surface area contributed by atoms with Crippen LogP contribution >= 0.6 is 0 Å². The van der Waals surface area contributed by atoms with E-state index in [1.54, 1.807) is 13.2 Å². The second-order valence-electron chi connectivity index (χ2n) is 5.47. The lowest BCUT2D eigenvalue weighted by atomic mass is 10.1. The molecule has 0 fully saturated rings. The third-order valence-corrected chi connectivity index (χ3v) is 3.85. The van der Waals surface area contributed by atoms with Crippen molar-refractivity contribution >= 4 is 5.91 Å². The van der Waals surface area contributed by atoms with Crippen LogP contribution in [-0.4, -0.2) is 23.2 Å². The summed E-state index contributed by atoms with van der Waals surface area (Å²) < 4.78 is 5.34. The van der Waals surface area contributed by atoms with E-state index in [0.29, 0.717) is 5.69 Å². The minimum absolute atomic E-state index is 0.183. The largest absolute Gasteiger partial charge is 0.496 e. The molecule has 0 bridgehead atoms. The number of aromatic amines is 1. The highest BCUT2D eigenvalue weighted by molar-refractivity contribution is 5.93. The lowest BCUT2D eigenvalue weighted by Gasteiger charge is -2.16. The van der Waals surface area contributed by atoms with Crippen LogP contribution in [0, 0.1) is 0 Å². The summed E-state index contributed by atoms with van der Waals surface area (Å²) in [6.45, 7) is 1.92. The molecule has 0 saturated carbocycles. The molecule has 0 aliphatic rings. The van der Waals surface area contributed by atoms with Crippen LogP contribution in [0.3, 0.4) is 0 Å². The highest BCUT2D eigenvalue weighted by atomic mass is 16.5. The van der Waals surface area contributed by atoms with Crippen molar-refractivity contribution in [1.82, 2.24) is 15.5 Å². The molecule has 0 radical (unpaired) electrons. The number of para-hydroxylation sites is 1. The normalized spacial score (nSPS) is 11.8. The van der Waals surface area contributed by atoms with Crippen molar-refractivity contribution in [1.29, 1.82) is 0 Å². The molecule has 0 aliphatic heterocycles. The first-order valence-electron chi connectivity index (χ1n) is 7.73. The Kier molecular flexibility index (Phi) is 4.61. The molecule has 5 nitrogen and oxygen atoms in total. The van der Waals surface area contributed by atoms with Crippen LogP contribution in [0.4, 0.5) is 0 Å². The minimum Gasteiger partial charge on any atom is -0.496 e. The van der Waals surface area contributed by atoms with E-state index >= 15 is 0 Å². The minimum atomic E-state index is -0.205. The summed E-state index contributed by atoms with van der Waals surface area (Å²) in [5.41, 5.74) is 3.06. The predicted octanol–water partition coefficient (Wildman–Crippen LogP) is 3.58. The number of methoxy groups -OCH3 is 1. The molecule has 1 heterocycles. The van der Waals surface area contributed by atoms with Gasteiger partial charge in [0.1, 0.15) is 11.4 Å². The number of nitrogens with zero attached hydrogens (tertiary/aromatic N) is 1. The van der Waals surface area contributed by atoms with E-state index in [1.165, 1.54) is 0 Å². The highest BCUT2D eigenvalue weighted by Gasteiger charge is 2.16. The van der Waals surface area contributed by atoms with Gasteiger partial charge in [-0.2, -0.15) is 5.10 Å². The molecule has 3 rings (SSSR count). The van der Waals surface area contributed by atoms with E-state index < -0.39 is 0 Å². The maximum absolute atomic E-state index is 12.4. The Morgan fingerprint density at radius 2 is 1.83 bits per heavy atom. The number of benzene rings is 2. The van der Waals surface area contributed by atoms with Gasteiger partial charge in [0.25, 0.3) is 5.91 Å². The number of carbonyl (C=O) groups is 1. The fourth-order valence-corrected chi connectivity index (χ4v) is 2.57. The molecular weight excluding hydrogens is 302 g/mol. The van der Waals surface area contributed by atoms with Gasteiger partial charge in [-0.15, -0.1) is 0 Å². The summed E-state index contributed by atoms with van der Waals surface area (Å²) in [6, 6.07) is 18.9. The second kappa shape index (κ2) is 7.00. The van der Waals surface area contributed by atoms with Gasteiger partial charge in [0, 0.05) is 11.1 Å². The van der Waals surface area contributed by atoms with Crippen molar-refractivity contribution < 1.29 is 9.53 Å². The Labute approximate surface area is 140 Å². The molecule has 24 heavy (non-hydrogen) atoms. The van der Waals surface area contributed by atoms with E-state index in [1.807, 2.05) is 61.5 Å². The molecule has 122 valence electrons. The zero-order chi connectivity index (χ0) is 16.9. The molecule has 2 N–H and O–H groups in total. The number of rotatable bonds is 5. The molecule has 3 aromatic rings. The predicted molar refractivity (Wildman–Crippen MR) is 92.9 cm³/mol.